The highest BCUT2D eigenvalue weighted by atomic mass is 79.9. The topological polar surface area (TPSA) is 38.3 Å². The lowest BCUT2D eigenvalue weighted by Gasteiger charge is -2.08. The highest BCUT2D eigenvalue weighted by Crippen LogP contribution is 2.18. The molecule has 0 saturated heterocycles. The zero-order valence-electron chi connectivity index (χ0n) is 7.92. The summed E-state index contributed by atoms with van der Waals surface area (Å²) >= 11 is 3.15. The molecule has 4 heteroatoms. The molecule has 0 bridgehead atoms. The molecule has 0 heterocycles. The van der Waals surface area contributed by atoms with Crippen molar-refractivity contribution in [3.8, 4) is 5.75 Å². The van der Waals surface area contributed by atoms with Crippen molar-refractivity contribution in [1.29, 1.82) is 0 Å². The van der Waals surface area contributed by atoms with E-state index in [1.54, 1.807) is 12.1 Å². The van der Waals surface area contributed by atoms with Crippen LogP contribution >= 0.6 is 15.9 Å². The van der Waals surface area contributed by atoms with Crippen LogP contribution in [0.2, 0.25) is 0 Å². The Morgan fingerprint density at radius 1 is 1.50 bits per heavy atom. The minimum atomic E-state index is -0.107. The van der Waals surface area contributed by atoms with Gasteiger partial charge in [-0.2, -0.15) is 0 Å². The van der Waals surface area contributed by atoms with Gasteiger partial charge in [0.25, 0.3) is 5.91 Å². The van der Waals surface area contributed by atoms with Crippen molar-refractivity contribution in [3.05, 3.63) is 29.8 Å². The van der Waals surface area contributed by atoms with Crippen LogP contribution in [0, 0.1) is 0 Å². The van der Waals surface area contributed by atoms with Gasteiger partial charge in [-0.1, -0.05) is 12.1 Å². The Balaban J connectivity index is 2.88. The average molecular weight is 258 g/mol. The zero-order chi connectivity index (χ0) is 10.4. The van der Waals surface area contributed by atoms with Crippen LogP contribution in [0.15, 0.2) is 24.3 Å². The molecule has 0 aromatic heterocycles. The molecule has 1 aromatic rings. The third kappa shape index (κ3) is 2.73. The largest absolute Gasteiger partial charge is 0.482 e. The third-order valence-corrected chi connectivity index (χ3v) is 1.91. The summed E-state index contributed by atoms with van der Waals surface area (Å²) in [7, 11) is 0. The van der Waals surface area contributed by atoms with Gasteiger partial charge < -0.3 is 10.1 Å². The maximum atomic E-state index is 11.5. The Labute approximate surface area is 91.6 Å². The SMILES string of the molecule is CCNC(=O)c1ccccc1OCBr. The lowest BCUT2D eigenvalue weighted by atomic mass is 10.2. The summed E-state index contributed by atoms with van der Waals surface area (Å²) in [6, 6.07) is 7.15. The normalized spacial score (nSPS) is 9.57. The number of rotatable bonds is 4. The van der Waals surface area contributed by atoms with E-state index in [2.05, 4.69) is 21.2 Å². The second-order valence-corrected chi connectivity index (χ2v) is 3.07. The van der Waals surface area contributed by atoms with E-state index in [0.717, 1.165) is 0 Å². The van der Waals surface area contributed by atoms with Gasteiger partial charge in [0.1, 0.15) is 11.3 Å². The van der Waals surface area contributed by atoms with Gasteiger partial charge in [0.15, 0.2) is 0 Å². The van der Waals surface area contributed by atoms with Crippen LogP contribution in [0.25, 0.3) is 0 Å². The molecule has 76 valence electrons. The number of halogens is 1. The van der Waals surface area contributed by atoms with Crippen molar-refractivity contribution in [2.24, 2.45) is 0 Å². The summed E-state index contributed by atoms with van der Waals surface area (Å²) in [5.74, 6) is 0.486. The minimum Gasteiger partial charge on any atom is -0.482 e. The number of amides is 1. The molecule has 0 aliphatic rings. The second-order valence-electron chi connectivity index (χ2n) is 2.61. The number of ether oxygens (including phenoxy) is 1. The van der Waals surface area contributed by atoms with Crippen molar-refractivity contribution < 1.29 is 9.53 Å². The summed E-state index contributed by atoms with van der Waals surface area (Å²) in [6.07, 6.45) is 0. The predicted molar refractivity (Wildman–Crippen MR) is 58.9 cm³/mol. The van der Waals surface area contributed by atoms with E-state index in [1.807, 2.05) is 19.1 Å². The van der Waals surface area contributed by atoms with Gasteiger partial charge in [-0.15, -0.1) is 0 Å². The van der Waals surface area contributed by atoms with Gasteiger partial charge in [-0.3, -0.25) is 4.79 Å². The summed E-state index contributed by atoms with van der Waals surface area (Å²) in [5, 5.41) is 2.73. The van der Waals surface area contributed by atoms with Gasteiger partial charge in [-0.25, -0.2) is 0 Å². The predicted octanol–water partition coefficient (Wildman–Crippen LogP) is 2.17. The first kappa shape index (κ1) is 11.0. The molecule has 0 aliphatic heterocycles. The lowest BCUT2D eigenvalue weighted by Crippen LogP contribution is -2.23. The Kier molecular flexibility index (Phi) is 4.46. The fourth-order valence-corrected chi connectivity index (χ4v) is 1.34. The number of para-hydroxylation sites is 1. The maximum Gasteiger partial charge on any atom is 0.255 e. The van der Waals surface area contributed by atoms with Crippen molar-refractivity contribution >= 4 is 21.8 Å². The average Bonchev–Trinajstić information content (AvgIpc) is 2.19. The zero-order valence-corrected chi connectivity index (χ0v) is 9.50. The molecular formula is C10H12BrNO2. The number of alkyl halides is 1. The molecule has 0 fully saturated rings. The molecule has 14 heavy (non-hydrogen) atoms. The Bertz CT molecular complexity index is 315. The molecule has 0 spiro atoms. The van der Waals surface area contributed by atoms with E-state index in [9.17, 15) is 4.79 Å². The third-order valence-electron chi connectivity index (χ3n) is 1.68. The van der Waals surface area contributed by atoms with Crippen LogP contribution in [-0.4, -0.2) is 18.0 Å². The molecule has 1 rings (SSSR count). The Hall–Kier alpha value is -1.03. The molecule has 1 amide bonds. The van der Waals surface area contributed by atoms with Crippen LogP contribution < -0.4 is 10.1 Å². The van der Waals surface area contributed by atoms with Gasteiger partial charge in [0.05, 0.1) is 5.56 Å². The first-order valence-electron chi connectivity index (χ1n) is 4.35. The quantitative estimate of drug-likeness (QED) is 0.840. The van der Waals surface area contributed by atoms with Gasteiger partial charge in [0, 0.05) is 6.54 Å². The number of carbonyl (C=O) groups excluding carboxylic acids is 1. The van der Waals surface area contributed by atoms with E-state index in [4.69, 9.17) is 4.74 Å². The summed E-state index contributed by atoms with van der Waals surface area (Å²) in [5.41, 5.74) is 0.942. The van der Waals surface area contributed by atoms with Crippen molar-refractivity contribution in [2.75, 3.05) is 12.1 Å². The fraction of sp³-hybridized carbons (Fsp3) is 0.300. The maximum absolute atomic E-state index is 11.5. The first-order valence-corrected chi connectivity index (χ1v) is 5.47. The molecule has 0 unspecified atom stereocenters. The second kappa shape index (κ2) is 5.65. The van der Waals surface area contributed by atoms with Crippen molar-refractivity contribution in [1.82, 2.24) is 5.32 Å². The van der Waals surface area contributed by atoms with Crippen LogP contribution in [-0.2, 0) is 0 Å². The molecule has 3 nitrogen and oxygen atoms in total. The van der Waals surface area contributed by atoms with E-state index >= 15 is 0 Å². The van der Waals surface area contributed by atoms with E-state index in [1.165, 1.54) is 0 Å². The standard InChI is InChI=1S/C10H12BrNO2/c1-2-12-10(13)8-5-3-4-6-9(8)14-7-11/h3-6H,2,7H2,1H3,(H,12,13). The Morgan fingerprint density at radius 3 is 2.86 bits per heavy atom. The van der Waals surface area contributed by atoms with Crippen molar-refractivity contribution in [2.45, 2.75) is 6.92 Å². The first-order chi connectivity index (χ1) is 6.79. The molecule has 1 aromatic carbocycles. The monoisotopic (exact) mass is 257 g/mol. The highest BCUT2D eigenvalue weighted by Gasteiger charge is 2.09. The number of carbonyl (C=O) groups is 1. The van der Waals surface area contributed by atoms with E-state index in [-0.39, 0.29) is 5.91 Å². The lowest BCUT2D eigenvalue weighted by molar-refractivity contribution is 0.0952. The van der Waals surface area contributed by atoms with Crippen LogP contribution in [0.3, 0.4) is 0 Å². The van der Waals surface area contributed by atoms with Crippen molar-refractivity contribution in [3.63, 3.8) is 0 Å². The van der Waals surface area contributed by atoms with E-state index in [0.29, 0.717) is 23.4 Å². The summed E-state index contributed by atoms with van der Waals surface area (Å²) in [4.78, 5) is 11.5. The van der Waals surface area contributed by atoms with Gasteiger partial charge in [-0.05, 0) is 35.0 Å². The number of benzene rings is 1. The number of nitrogens with one attached hydrogen (secondary N) is 1. The molecule has 0 radical (unpaired) electrons. The van der Waals surface area contributed by atoms with Crippen LogP contribution in [0.5, 0.6) is 5.75 Å². The summed E-state index contributed by atoms with van der Waals surface area (Å²) < 4.78 is 5.26. The number of hydrogen-bond donors (Lipinski definition) is 1. The van der Waals surface area contributed by atoms with Crippen LogP contribution in [0.4, 0.5) is 0 Å². The van der Waals surface area contributed by atoms with E-state index < -0.39 is 0 Å². The Morgan fingerprint density at radius 2 is 2.21 bits per heavy atom. The van der Waals surface area contributed by atoms with Gasteiger partial charge >= 0.3 is 0 Å². The molecular weight excluding hydrogens is 246 g/mol. The van der Waals surface area contributed by atoms with Crippen LogP contribution in [0.1, 0.15) is 17.3 Å². The highest BCUT2D eigenvalue weighted by molar-refractivity contribution is 9.09. The number of hydrogen-bond acceptors (Lipinski definition) is 2. The molecule has 0 aliphatic carbocycles. The molecule has 0 atom stereocenters. The minimum absolute atomic E-state index is 0.107. The fourth-order valence-electron chi connectivity index (χ4n) is 1.09. The molecule has 1 N–H and O–H groups in total. The summed E-state index contributed by atoms with van der Waals surface area (Å²) in [6.45, 7) is 2.49. The smallest absolute Gasteiger partial charge is 0.255 e. The van der Waals surface area contributed by atoms with Gasteiger partial charge in [0.2, 0.25) is 0 Å². The molecule has 0 saturated carbocycles.